The first kappa shape index (κ1) is 13.5. The van der Waals surface area contributed by atoms with E-state index in [-0.39, 0.29) is 0 Å². The van der Waals surface area contributed by atoms with Gasteiger partial charge in [0.15, 0.2) is 5.11 Å². The third kappa shape index (κ3) is 4.35. The predicted molar refractivity (Wildman–Crippen MR) is 81.8 cm³/mol. The summed E-state index contributed by atoms with van der Waals surface area (Å²) in [7, 11) is 0. The van der Waals surface area contributed by atoms with Crippen molar-refractivity contribution < 1.29 is 4.84 Å². The molecular weight excluding hydrogens is 256 g/mol. The Bertz CT molecular complexity index is 543. The summed E-state index contributed by atoms with van der Waals surface area (Å²) in [6.45, 7) is 2.49. The van der Waals surface area contributed by atoms with E-state index in [4.69, 9.17) is 17.1 Å². The highest BCUT2D eigenvalue weighted by Gasteiger charge is 2.00. The molecule has 0 saturated carbocycles. The van der Waals surface area contributed by atoms with E-state index in [0.717, 1.165) is 16.8 Å². The van der Waals surface area contributed by atoms with E-state index in [1.165, 1.54) is 0 Å². The Morgan fingerprint density at radius 3 is 2.47 bits per heavy atom. The zero-order chi connectivity index (χ0) is 13.5. The Hall–Kier alpha value is -1.91. The van der Waals surface area contributed by atoms with E-state index in [2.05, 4.69) is 10.8 Å². The lowest BCUT2D eigenvalue weighted by atomic mass is 10.2. The van der Waals surface area contributed by atoms with Gasteiger partial charge in [-0.2, -0.15) is 0 Å². The van der Waals surface area contributed by atoms with Gasteiger partial charge in [-0.15, -0.1) is 0 Å². The van der Waals surface area contributed by atoms with Gasteiger partial charge in [-0.05, 0) is 36.3 Å². The van der Waals surface area contributed by atoms with Crippen molar-refractivity contribution in [1.82, 2.24) is 5.48 Å². The van der Waals surface area contributed by atoms with E-state index >= 15 is 0 Å². The maximum Gasteiger partial charge on any atom is 0.195 e. The Labute approximate surface area is 118 Å². The summed E-state index contributed by atoms with van der Waals surface area (Å²) in [5, 5.41) is 3.54. The van der Waals surface area contributed by atoms with Gasteiger partial charge in [0.1, 0.15) is 0 Å². The summed E-state index contributed by atoms with van der Waals surface area (Å²) < 4.78 is 0. The minimum absolute atomic E-state index is 0.449. The molecule has 0 unspecified atom stereocenters. The molecule has 0 aliphatic carbocycles. The van der Waals surface area contributed by atoms with Crippen LogP contribution in [0, 0.1) is 6.92 Å². The largest absolute Gasteiger partial charge is 0.331 e. The molecule has 0 fully saturated rings. The molecule has 98 valence electrons. The predicted octanol–water partition coefficient (Wildman–Crippen LogP) is 3.41. The molecule has 4 heteroatoms. The molecule has 0 atom stereocenters. The molecule has 2 aromatic rings. The lowest BCUT2D eigenvalue weighted by molar-refractivity contribution is 0.0728. The van der Waals surface area contributed by atoms with E-state index in [1.807, 2.05) is 61.5 Å². The molecule has 0 aliphatic heterocycles. The van der Waals surface area contributed by atoms with Crippen LogP contribution in [0.3, 0.4) is 0 Å². The maximum absolute atomic E-state index is 5.34. The van der Waals surface area contributed by atoms with Gasteiger partial charge in [-0.25, -0.2) is 5.48 Å². The molecule has 2 N–H and O–H groups in total. The molecule has 3 nitrogen and oxygen atoms in total. The molecule has 0 bridgehead atoms. The highest BCUT2D eigenvalue weighted by Crippen LogP contribution is 2.12. The average Bonchev–Trinajstić information content (AvgIpc) is 2.43. The number of benzene rings is 2. The van der Waals surface area contributed by atoms with Crippen molar-refractivity contribution in [3.63, 3.8) is 0 Å². The second-order valence-electron chi connectivity index (χ2n) is 4.15. The topological polar surface area (TPSA) is 33.3 Å². The average molecular weight is 272 g/mol. The minimum atomic E-state index is 0.449. The van der Waals surface area contributed by atoms with Crippen LogP contribution in [-0.4, -0.2) is 5.11 Å². The fourth-order valence-electron chi connectivity index (χ4n) is 1.62. The summed E-state index contributed by atoms with van der Waals surface area (Å²) in [6.07, 6.45) is 0. The SMILES string of the molecule is Cc1ccccc1NC(=S)NOCc1ccccc1. The standard InChI is InChI=1S/C15H16N2OS/c1-12-7-5-6-10-14(12)16-15(19)17-18-11-13-8-3-2-4-9-13/h2-10H,11H2,1H3,(H2,16,17,19). The zero-order valence-electron chi connectivity index (χ0n) is 10.7. The van der Waals surface area contributed by atoms with Crippen LogP contribution >= 0.6 is 12.2 Å². The first-order chi connectivity index (χ1) is 9.25. The van der Waals surface area contributed by atoms with Crippen molar-refractivity contribution in [3.8, 4) is 0 Å². The van der Waals surface area contributed by atoms with Gasteiger partial charge in [0, 0.05) is 5.69 Å². The quantitative estimate of drug-likeness (QED) is 0.660. The van der Waals surface area contributed by atoms with Gasteiger partial charge >= 0.3 is 0 Å². The fraction of sp³-hybridized carbons (Fsp3) is 0.133. The highest BCUT2D eigenvalue weighted by atomic mass is 32.1. The third-order valence-corrected chi connectivity index (χ3v) is 2.83. The van der Waals surface area contributed by atoms with Crippen molar-refractivity contribution in [1.29, 1.82) is 0 Å². The van der Waals surface area contributed by atoms with Crippen LogP contribution in [0.15, 0.2) is 54.6 Å². The molecule has 0 spiro atoms. The minimum Gasteiger partial charge on any atom is -0.331 e. The third-order valence-electron chi connectivity index (χ3n) is 2.64. The van der Waals surface area contributed by atoms with Crippen LogP contribution in [-0.2, 0) is 11.4 Å². The Kier molecular flexibility index (Phi) is 4.89. The van der Waals surface area contributed by atoms with Gasteiger partial charge in [0.25, 0.3) is 0 Å². The number of nitrogens with one attached hydrogen (secondary N) is 2. The second kappa shape index (κ2) is 6.87. The van der Waals surface area contributed by atoms with Crippen molar-refractivity contribution in [2.24, 2.45) is 0 Å². The number of para-hydroxylation sites is 1. The number of hydroxylamine groups is 1. The monoisotopic (exact) mass is 272 g/mol. The second-order valence-corrected chi connectivity index (χ2v) is 4.55. The number of aryl methyl sites for hydroxylation is 1. The number of hydrogen-bond acceptors (Lipinski definition) is 2. The number of thiocarbonyl (C=S) groups is 1. The number of hydrogen-bond donors (Lipinski definition) is 2. The number of rotatable bonds is 4. The van der Waals surface area contributed by atoms with Gasteiger partial charge in [-0.3, -0.25) is 4.84 Å². The van der Waals surface area contributed by atoms with E-state index in [1.54, 1.807) is 0 Å². The molecule has 0 saturated heterocycles. The van der Waals surface area contributed by atoms with E-state index in [9.17, 15) is 0 Å². The lowest BCUT2D eigenvalue weighted by Crippen LogP contribution is -2.28. The molecule has 2 aromatic carbocycles. The molecule has 19 heavy (non-hydrogen) atoms. The summed E-state index contributed by atoms with van der Waals surface area (Å²) in [5.41, 5.74) is 5.93. The summed E-state index contributed by atoms with van der Waals surface area (Å²) in [5.74, 6) is 0. The van der Waals surface area contributed by atoms with Gasteiger partial charge in [0.05, 0.1) is 6.61 Å². The van der Waals surface area contributed by atoms with E-state index < -0.39 is 0 Å². The normalized spacial score (nSPS) is 9.95. The van der Waals surface area contributed by atoms with Gasteiger partial charge < -0.3 is 5.32 Å². The Morgan fingerprint density at radius 2 is 1.74 bits per heavy atom. The first-order valence-electron chi connectivity index (χ1n) is 6.04. The van der Waals surface area contributed by atoms with Crippen molar-refractivity contribution in [2.75, 3.05) is 5.32 Å². The Balaban J connectivity index is 1.78. The molecule has 0 radical (unpaired) electrons. The maximum atomic E-state index is 5.34. The molecule has 0 heterocycles. The summed E-state index contributed by atoms with van der Waals surface area (Å²) in [6, 6.07) is 17.9. The number of anilines is 1. The highest BCUT2D eigenvalue weighted by molar-refractivity contribution is 7.80. The van der Waals surface area contributed by atoms with Gasteiger partial charge in [0.2, 0.25) is 0 Å². The summed E-state index contributed by atoms with van der Waals surface area (Å²) in [4.78, 5) is 5.34. The van der Waals surface area contributed by atoms with Crippen LogP contribution in [0.4, 0.5) is 5.69 Å². The van der Waals surface area contributed by atoms with Gasteiger partial charge in [-0.1, -0.05) is 48.5 Å². The van der Waals surface area contributed by atoms with Crippen LogP contribution in [0.1, 0.15) is 11.1 Å². The Morgan fingerprint density at radius 1 is 1.05 bits per heavy atom. The lowest BCUT2D eigenvalue weighted by Gasteiger charge is -2.12. The van der Waals surface area contributed by atoms with Crippen LogP contribution in [0.25, 0.3) is 0 Å². The molecular formula is C15H16N2OS. The van der Waals surface area contributed by atoms with Crippen molar-refractivity contribution in [3.05, 3.63) is 65.7 Å². The van der Waals surface area contributed by atoms with Crippen LogP contribution in [0.5, 0.6) is 0 Å². The first-order valence-corrected chi connectivity index (χ1v) is 6.45. The molecule has 2 rings (SSSR count). The van der Waals surface area contributed by atoms with Crippen molar-refractivity contribution >= 4 is 23.0 Å². The smallest absolute Gasteiger partial charge is 0.195 e. The molecule has 0 aliphatic rings. The molecule has 0 amide bonds. The summed E-state index contributed by atoms with van der Waals surface area (Å²) >= 11 is 5.16. The van der Waals surface area contributed by atoms with Crippen LogP contribution in [0.2, 0.25) is 0 Å². The van der Waals surface area contributed by atoms with Crippen molar-refractivity contribution in [2.45, 2.75) is 13.5 Å². The molecule has 0 aromatic heterocycles. The zero-order valence-corrected chi connectivity index (χ0v) is 11.5. The van der Waals surface area contributed by atoms with Crippen LogP contribution < -0.4 is 10.8 Å². The van der Waals surface area contributed by atoms with E-state index in [0.29, 0.717) is 11.7 Å². The fourth-order valence-corrected chi connectivity index (χ4v) is 1.79.